The van der Waals surface area contributed by atoms with Crippen LogP contribution < -0.4 is 10.6 Å². The number of esters is 1. The molecule has 0 bridgehead atoms. The number of benzene rings is 1. The first-order valence-corrected chi connectivity index (χ1v) is 7.00. The zero-order valence-electron chi connectivity index (χ0n) is 12.1. The fourth-order valence-electron chi connectivity index (χ4n) is 2.54. The first-order chi connectivity index (χ1) is 9.65. The number of nitrogens with two attached hydrogens (primary N) is 1. The summed E-state index contributed by atoms with van der Waals surface area (Å²) in [6.45, 7) is 4.64. The lowest BCUT2D eigenvalue weighted by Crippen LogP contribution is -2.37. The summed E-state index contributed by atoms with van der Waals surface area (Å²) in [6.07, 6.45) is 2.36. The van der Waals surface area contributed by atoms with Crippen LogP contribution in [0.5, 0.6) is 0 Å². The number of carbonyl (C=O) groups excluding carboxylic acids is 1. The van der Waals surface area contributed by atoms with Gasteiger partial charge in [-0.05, 0) is 38.0 Å². The van der Waals surface area contributed by atoms with Gasteiger partial charge in [-0.2, -0.15) is 0 Å². The second-order valence-electron chi connectivity index (χ2n) is 4.90. The fourth-order valence-corrected chi connectivity index (χ4v) is 2.54. The largest absolute Gasteiger partial charge is 0.465 e. The highest BCUT2D eigenvalue weighted by Gasteiger charge is 2.21. The lowest BCUT2D eigenvalue weighted by molar-refractivity contribution is 0.0459. The molecule has 1 aromatic carbocycles. The standard InChI is InChI=1S/C15H22N2O3/c1-3-20-12-6-8-17(9-7-12)11-4-5-14(16)13(10-11)15(18)19-2/h4-5,10,12H,3,6-9,16H2,1-2H3. The molecule has 0 atom stereocenters. The molecule has 1 aliphatic rings. The molecule has 5 nitrogen and oxygen atoms in total. The first kappa shape index (κ1) is 14.7. The SMILES string of the molecule is CCOC1CCN(c2ccc(N)c(C(=O)OC)c2)CC1. The summed E-state index contributed by atoms with van der Waals surface area (Å²) >= 11 is 0. The van der Waals surface area contributed by atoms with Gasteiger partial charge in [-0.3, -0.25) is 0 Å². The van der Waals surface area contributed by atoms with E-state index in [9.17, 15) is 4.79 Å². The molecule has 0 aliphatic carbocycles. The number of anilines is 2. The van der Waals surface area contributed by atoms with Crippen LogP contribution in [0.4, 0.5) is 11.4 Å². The maximum absolute atomic E-state index is 11.7. The van der Waals surface area contributed by atoms with Gasteiger partial charge in [0.1, 0.15) is 0 Å². The van der Waals surface area contributed by atoms with Crippen molar-refractivity contribution in [2.24, 2.45) is 0 Å². The first-order valence-electron chi connectivity index (χ1n) is 7.00. The van der Waals surface area contributed by atoms with Gasteiger partial charge >= 0.3 is 5.97 Å². The van der Waals surface area contributed by atoms with Gasteiger partial charge in [0, 0.05) is 31.1 Å². The van der Waals surface area contributed by atoms with Crippen molar-refractivity contribution in [1.29, 1.82) is 0 Å². The molecule has 0 saturated carbocycles. The van der Waals surface area contributed by atoms with Gasteiger partial charge in [-0.15, -0.1) is 0 Å². The average molecular weight is 278 g/mol. The highest BCUT2D eigenvalue weighted by Crippen LogP contribution is 2.25. The predicted molar refractivity (Wildman–Crippen MR) is 79.1 cm³/mol. The Morgan fingerprint density at radius 1 is 1.40 bits per heavy atom. The van der Waals surface area contributed by atoms with Crippen LogP contribution >= 0.6 is 0 Å². The number of nitrogens with zero attached hydrogens (tertiary/aromatic N) is 1. The predicted octanol–water partition coefficient (Wildman–Crippen LogP) is 2.06. The molecule has 0 radical (unpaired) electrons. The van der Waals surface area contributed by atoms with Crippen LogP contribution in [0.25, 0.3) is 0 Å². The van der Waals surface area contributed by atoms with E-state index in [0.29, 0.717) is 17.4 Å². The number of piperidine rings is 1. The lowest BCUT2D eigenvalue weighted by Gasteiger charge is -2.33. The minimum Gasteiger partial charge on any atom is -0.465 e. The molecule has 20 heavy (non-hydrogen) atoms. The Morgan fingerprint density at radius 2 is 2.10 bits per heavy atom. The monoisotopic (exact) mass is 278 g/mol. The molecule has 1 fully saturated rings. The van der Waals surface area contributed by atoms with E-state index in [-0.39, 0.29) is 0 Å². The molecule has 1 aromatic rings. The van der Waals surface area contributed by atoms with Gasteiger partial charge in [0.25, 0.3) is 0 Å². The van der Waals surface area contributed by atoms with Crippen LogP contribution in [-0.2, 0) is 9.47 Å². The van der Waals surface area contributed by atoms with E-state index in [4.69, 9.17) is 15.2 Å². The van der Waals surface area contributed by atoms with Gasteiger partial charge in [-0.25, -0.2) is 4.79 Å². The quantitative estimate of drug-likeness (QED) is 0.674. The zero-order chi connectivity index (χ0) is 14.5. The molecule has 0 amide bonds. The maximum atomic E-state index is 11.7. The van der Waals surface area contributed by atoms with Crippen LogP contribution in [0.15, 0.2) is 18.2 Å². The normalized spacial score (nSPS) is 16.2. The number of hydrogen-bond acceptors (Lipinski definition) is 5. The Kier molecular flexibility index (Phi) is 4.84. The summed E-state index contributed by atoms with van der Waals surface area (Å²) in [5.41, 5.74) is 7.70. The Morgan fingerprint density at radius 3 is 2.70 bits per heavy atom. The van der Waals surface area contributed by atoms with Crippen molar-refractivity contribution in [1.82, 2.24) is 0 Å². The van der Waals surface area contributed by atoms with Gasteiger partial charge in [-0.1, -0.05) is 0 Å². The third-order valence-electron chi connectivity index (χ3n) is 3.65. The van der Waals surface area contributed by atoms with E-state index < -0.39 is 5.97 Å². The van der Waals surface area contributed by atoms with Crippen LogP contribution in [-0.4, -0.2) is 38.9 Å². The topological polar surface area (TPSA) is 64.8 Å². The second kappa shape index (κ2) is 6.61. The number of ether oxygens (including phenoxy) is 2. The molecule has 2 rings (SSSR count). The smallest absolute Gasteiger partial charge is 0.340 e. The molecule has 0 aromatic heterocycles. The highest BCUT2D eigenvalue weighted by atomic mass is 16.5. The molecular formula is C15H22N2O3. The van der Waals surface area contributed by atoms with E-state index >= 15 is 0 Å². The average Bonchev–Trinajstić information content (AvgIpc) is 2.48. The van der Waals surface area contributed by atoms with Gasteiger partial charge in [0.05, 0.1) is 18.8 Å². The van der Waals surface area contributed by atoms with Crippen molar-refractivity contribution in [3.8, 4) is 0 Å². The van der Waals surface area contributed by atoms with E-state index in [1.807, 2.05) is 19.1 Å². The van der Waals surface area contributed by atoms with Gasteiger partial charge in [0.2, 0.25) is 0 Å². The van der Waals surface area contributed by atoms with Crippen molar-refractivity contribution < 1.29 is 14.3 Å². The Hall–Kier alpha value is -1.75. The number of hydrogen-bond donors (Lipinski definition) is 1. The Labute approximate surface area is 119 Å². The van der Waals surface area contributed by atoms with E-state index in [0.717, 1.165) is 38.2 Å². The number of nitrogen functional groups attached to an aromatic ring is 1. The minimum atomic E-state index is -0.395. The summed E-state index contributed by atoms with van der Waals surface area (Å²) < 4.78 is 10.4. The molecule has 1 heterocycles. The van der Waals surface area contributed by atoms with E-state index in [1.165, 1.54) is 7.11 Å². The molecular weight excluding hydrogens is 256 g/mol. The molecule has 1 aliphatic heterocycles. The summed E-state index contributed by atoms with van der Waals surface area (Å²) in [5, 5.41) is 0. The molecule has 5 heteroatoms. The molecule has 1 saturated heterocycles. The molecule has 110 valence electrons. The highest BCUT2D eigenvalue weighted by molar-refractivity contribution is 5.96. The molecule has 2 N–H and O–H groups in total. The van der Waals surface area contributed by atoms with Crippen molar-refractivity contribution in [3.05, 3.63) is 23.8 Å². The van der Waals surface area contributed by atoms with Gasteiger partial charge < -0.3 is 20.1 Å². The number of rotatable bonds is 4. The second-order valence-corrected chi connectivity index (χ2v) is 4.90. The van der Waals surface area contributed by atoms with Crippen LogP contribution in [0.1, 0.15) is 30.1 Å². The summed E-state index contributed by atoms with van der Waals surface area (Å²) in [4.78, 5) is 13.9. The lowest BCUT2D eigenvalue weighted by atomic mass is 10.1. The van der Waals surface area contributed by atoms with Crippen LogP contribution in [0.3, 0.4) is 0 Å². The third kappa shape index (κ3) is 3.22. The van der Waals surface area contributed by atoms with Gasteiger partial charge in [0.15, 0.2) is 0 Å². The van der Waals surface area contributed by atoms with Crippen LogP contribution in [0.2, 0.25) is 0 Å². The fraction of sp³-hybridized carbons (Fsp3) is 0.533. The Bertz CT molecular complexity index is 468. The van der Waals surface area contributed by atoms with Crippen molar-refractivity contribution in [2.45, 2.75) is 25.9 Å². The number of carbonyl (C=O) groups is 1. The summed E-state index contributed by atoms with van der Waals surface area (Å²) in [5.74, 6) is -0.395. The third-order valence-corrected chi connectivity index (χ3v) is 3.65. The molecule has 0 unspecified atom stereocenters. The summed E-state index contributed by atoms with van der Waals surface area (Å²) in [6, 6.07) is 5.52. The summed E-state index contributed by atoms with van der Waals surface area (Å²) in [7, 11) is 1.36. The van der Waals surface area contributed by atoms with E-state index in [1.54, 1.807) is 6.07 Å². The number of methoxy groups -OCH3 is 1. The van der Waals surface area contributed by atoms with Crippen molar-refractivity contribution >= 4 is 17.3 Å². The van der Waals surface area contributed by atoms with Crippen molar-refractivity contribution in [3.63, 3.8) is 0 Å². The van der Waals surface area contributed by atoms with Crippen molar-refractivity contribution in [2.75, 3.05) is 37.4 Å². The Balaban J connectivity index is 2.08. The maximum Gasteiger partial charge on any atom is 0.340 e. The van der Waals surface area contributed by atoms with Crippen LogP contribution in [0, 0.1) is 0 Å². The molecule has 0 spiro atoms. The minimum absolute atomic E-state index is 0.352. The zero-order valence-corrected chi connectivity index (χ0v) is 12.1. The van der Waals surface area contributed by atoms with E-state index in [2.05, 4.69) is 4.90 Å².